The quantitative estimate of drug-likeness (QED) is 0.686. The maximum absolute atomic E-state index is 12.1. The number of para-hydroxylation sites is 2. The van der Waals surface area contributed by atoms with Gasteiger partial charge in [-0.25, -0.2) is 0 Å². The molecule has 0 bridgehead atoms. The fraction of sp³-hybridized carbons (Fsp3) is 0.286. The van der Waals surface area contributed by atoms with Gasteiger partial charge in [0.25, 0.3) is 11.8 Å². The topological polar surface area (TPSA) is 94.2 Å². The molecule has 8 heteroatoms. The summed E-state index contributed by atoms with van der Waals surface area (Å²) in [5.41, 5.74) is 1.19. The van der Waals surface area contributed by atoms with Crippen molar-refractivity contribution in [1.82, 2.24) is 0 Å². The molecule has 2 amide bonds. The Morgan fingerprint density at radius 1 is 1.14 bits per heavy atom. The molecule has 0 unspecified atom stereocenters. The van der Waals surface area contributed by atoms with E-state index in [1.165, 1.54) is 4.90 Å². The van der Waals surface area contributed by atoms with Crippen LogP contribution in [0.3, 0.4) is 0 Å². The molecule has 0 spiro atoms. The Hall–Kier alpha value is -3.55. The third kappa shape index (κ3) is 5.47. The minimum atomic E-state index is -0.566. The fourth-order valence-electron chi connectivity index (χ4n) is 2.82. The number of amides is 2. The zero-order valence-electron chi connectivity index (χ0n) is 16.1. The number of carbonyl (C=O) groups is 3. The van der Waals surface area contributed by atoms with Gasteiger partial charge < -0.3 is 24.4 Å². The van der Waals surface area contributed by atoms with E-state index < -0.39 is 18.5 Å². The Kier molecular flexibility index (Phi) is 6.67. The van der Waals surface area contributed by atoms with Crippen LogP contribution in [-0.4, -0.2) is 44.1 Å². The molecule has 1 heterocycles. The number of esters is 1. The lowest BCUT2D eigenvalue weighted by Gasteiger charge is -2.28. The number of fused-ring (bicyclic) bond motifs is 1. The predicted octanol–water partition coefficient (Wildman–Crippen LogP) is 2.38. The second kappa shape index (κ2) is 9.59. The van der Waals surface area contributed by atoms with Gasteiger partial charge in [-0.3, -0.25) is 14.4 Å². The summed E-state index contributed by atoms with van der Waals surface area (Å²) in [5, 5.41) is 2.64. The number of carbonyl (C=O) groups excluding carboxylic acids is 3. The van der Waals surface area contributed by atoms with Crippen molar-refractivity contribution in [2.75, 3.05) is 36.6 Å². The normalized spacial score (nSPS) is 12.6. The maximum Gasteiger partial charge on any atom is 0.308 e. The largest absolute Gasteiger partial charge is 0.494 e. The van der Waals surface area contributed by atoms with Gasteiger partial charge in [0.05, 0.1) is 18.7 Å². The first kappa shape index (κ1) is 20.2. The number of nitrogens with one attached hydrogen (secondary N) is 1. The van der Waals surface area contributed by atoms with Gasteiger partial charge in [0, 0.05) is 12.2 Å². The summed E-state index contributed by atoms with van der Waals surface area (Å²) in [6, 6.07) is 14.0. The molecule has 1 N–H and O–H groups in total. The van der Waals surface area contributed by atoms with Crippen LogP contribution < -0.4 is 19.7 Å². The third-order valence-electron chi connectivity index (χ3n) is 4.16. The number of hydrogen-bond acceptors (Lipinski definition) is 6. The van der Waals surface area contributed by atoms with Crippen molar-refractivity contribution in [3.8, 4) is 11.5 Å². The van der Waals surface area contributed by atoms with Crippen LogP contribution in [0.4, 0.5) is 11.4 Å². The van der Waals surface area contributed by atoms with E-state index in [-0.39, 0.29) is 25.5 Å². The van der Waals surface area contributed by atoms with Crippen LogP contribution in [0.5, 0.6) is 11.5 Å². The predicted molar refractivity (Wildman–Crippen MR) is 106 cm³/mol. The second-order valence-electron chi connectivity index (χ2n) is 6.22. The summed E-state index contributed by atoms with van der Waals surface area (Å²) in [6.45, 7) is 2.12. The highest BCUT2D eigenvalue weighted by Crippen LogP contribution is 2.31. The lowest BCUT2D eigenvalue weighted by Crippen LogP contribution is -2.40. The van der Waals surface area contributed by atoms with Crippen LogP contribution >= 0.6 is 0 Å². The van der Waals surface area contributed by atoms with Crippen molar-refractivity contribution in [2.24, 2.45) is 0 Å². The zero-order valence-corrected chi connectivity index (χ0v) is 16.1. The molecule has 0 saturated carbocycles. The maximum atomic E-state index is 12.1. The lowest BCUT2D eigenvalue weighted by atomic mass is 10.2. The molecular weight excluding hydrogens is 376 g/mol. The lowest BCUT2D eigenvalue weighted by molar-refractivity contribution is -0.147. The average molecular weight is 398 g/mol. The molecule has 0 aromatic heterocycles. The molecule has 0 radical (unpaired) electrons. The minimum Gasteiger partial charge on any atom is -0.494 e. The van der Waals surface area contributed by atoms with Crippen molar-refractivity contribution in [3.05, 3.63) is 48.5 Å². The van der Waals surface area contributed by atoms with E-state index in [4.69, 9.17) is 14.2 Å². The van der Waals surface area contributed by atoms with E-state index in [9.17, 15) is 14.4 Å². The summed E-state index contributed by atoms with van der Waals surface area (Å²) in [7, 11) is 0. The molecule has 0 fully saturated rings. The van der Waals surface area contributed by atoms with E-state index in [1.54, 1.807) is 42.5 Å². The summed E-state index contributed by atoms with van der Waals surface area (Å²) in [4.78, 5) is 37.5. The number of benzene rings is 2. The molecule has 0 atom stereocenters. The Labute approximate surface area is 168 Å². The minimum absolute atomic E-state index is 0.0313. The second-order valence-corrected chi connectivity index (χ2v) is 6.22. The molecule has 29 heavy (non-hydrogen) atoms. The number of rotatable bonds is 8. The van der Waals surface area contributed by atoms with Crippen molar-refractivity contribution in [3.63, 3.8) is 0 Å². The van der Waals surface area contributed by atoms with Crippen LogP contribution in [0.15, 0.2) is 48.5 Å². The SMILES string of the molecule is CCOc1ccc(NC(=O)COC(=O)CCN2C(=O)COc3ccccc32)cc1. The van der Waals surface area contributed by atoms with E-state index in [0.717, 1.165) is 0 Å². The van der Waals surface area contributed by atoms with Gasteiger partial charge >= 0.3 is 5.97 Å². The Bertz CT molecular complexity index is 881. The molecule has 8 nitrogen and oxygen atoms in total. The highest BCUT2D eigenvalue weighted by Gasteiger charge is 2.25. The van der Waals surface area contributed by atoms with Gasteiger partial charge in [-0.2, -0.15) is 0 Å². The van der Waals surface area contributed by atoms with Crippen LogP contribution in [0.1, 0.15) is 13.3 Å². The van der Waals surface area contributed by atoms with E-state index >= 15 is 0 Å². The summed E-state index contributed by atoms with van der Waals surface area (Å²) >= 11 is 0. The highest BCUT2D eigenvalue weighted by atomic mass is 16.5. The Balaban J connectivity index is 1.44. The average Bonchev–Trinajstić information content (AvgIpc) is 2.73. The van der Waals surface area contributed by atoms with Gasteiger partial charge in [-0.15, -0.1) is 0 Å². The molecule has 1 aliphatic heterocycles. The van der Waals surface area contributed by atoms with Crippen LogP contribution in [-0.2, 0) is 19.1 Å². The van der Waals surface area contributed by atoms with Crippen LogP contribution in [0.25, 0.3) is 0 Å². The van der Waals surface area contributed by atoms with Gasteiger partial charge in [0.1, 0.15) is 11.5 Å². The molecule has 2 aromatic carbocycles. The fourth-order valence-corrected chi connectivity index (χ4v) is 2.82. The molecule has 0 saturated heterocycles. The summed E-state index contributed by atoms with van der Waals surface area (Å²) in [5.74, 6) is 0.0509. The Morgan fingerprint density at radius 3 is 2.66 bits per heavy atom. The smallest absolute Gasteiger partial charge is 0.308 e. The molecule has 152 valence electrons. The molecular formula is C21H22N2O6. The number of ether oxygens (including phenoxy) is 3. The van der Waals surface area contributed by atoms with Crippen molar-refractivity contribution in [2.45, 2.75) is 13.3 Å². The van der Waals surface area contributed by atoms with Gasteiger partial charge in [0.2, 0.25) is 0 Å². The molecule has 2 aromatic rings. The van der Waals surface area contributed by atoms with E-state index in [2.05, 4.69) is 5.32 Å². The standard InChI is InChI=1S/C21H22N2O6/c1-2-27-16-9-7-15(8-10-16)22-19(24)13-29-21(26)11-12-23-17-5-3-4-6-18(17)28-14-20(23)25/h3-10H,2,11-14H2,1H3,(H,22,24). The number of hydrogen-bond donors (Lipinski definition) is 1. The first-order valence-corrected chi connectivity index (χ1v) is 9.27. The molecule has 3 rings (SSSR count). The third-order valence-corrected chi connectivity index (χ3v) is 4.16. The monoisotopic (exact) mass is 398 g/mol. The first-order valence-electron chi connectivity index (χ1n) is 9.27. The van der Waals surface area contributed by atoms with Crippen molar-refractivity contribution in [1.29, 1.82) is 0 Å². The van der Waals surface area contributed by atoms with Gasteiger partial charge in [0.15, 0.2) is 13.2 Å². The van der Waals surface area contributed by atoms with Gasteiger partial charge in [-0.05, 0) is 43.3 Å². The van der Waals surface area contributed by atoms with E-state index in [1.807, 2.05) is 13.0 Å². The Morgan fingerprint density at radius 2 is 1.90 bits per heavy atom. The van der Waals surface area contributed by atoms with E-state index in [0.29, 0.717) is 29.5 Å². The summed E-state index contributed by atoms with van der Waals surface area (Å²) < 4.78 is 15.7. The molecule has 0 aliphatic carbocycles. The van der Waals surface area contributed by atoms with Gasteiger partial charge in [-0.1, -0.05) is 12.1 Å². The first-order chi connectivity index (χ1) is 14.1. The van der Waals surface area contributed by atoms with Crippen LogP contribution in [0.2, 0.25) is 0 Å². The number of nitrogens with zero attached hydrogens (tertiary/aromatic N) is 1. The van der Waals surface area contributed by atoms with Crippen molar-refractivity contribution < 1.29 is 28.6 Å². The summed E-state index contributed by atoms with van der Waals surface area (Å²) in [6.07, 6.45) is -0.0313. The van der Waals surface area contributed by atoms with Crippen molar-refractivity contribution >= 4 is 29.2 Å². The number of anilines is 2. The highest BCUT2D eigenvalue weighted by molar-refractivity contribution is 5.98. The molecule has 1 aliphatic rings. The van der Waals surface area contributed by atoms with Crippen LogP contribution in [0, 0.1) is 0 Å². The zero-order chi connectivity index (χ0) is 20.6.